The second kappa shape index (κ2) is 7.21. The van der Waals surface area contributed by atoms with Crippen LogP contribution in [-0.2, 0) is 24.2 Å². The van der Waals surface area contributed by atoms with Crippen LogP contribution in [-0.4, -0.2) is 26.8 Å². The first-order valence-corrected chi connectivity index (χ1v) is 3.68. The number of rotatable bonds is 4. The van der Waals surface area contributed by atoms with Gasteiger partial charge in [0.15, 0.2) is 0 Å². The van der Waals surface area contributed by atoms with Crippen molar-refractivity contribution in [3.05, 3.63) is 5.32 Å². The molecule has 0 aliphatic rings. The van der Waals surface area contributed by atoms with Gasteiger partial charge in [0, 0.05) is 33.2 Å². The molecule has 0 spiro atoms. The first-order chi connectivity index (χ1) is 4.56. The Morgan fingerprint density at radius 3 is 2.18 bits per heavy atom. The van der Waals surface area contributed by atoms with Crippen molar-refractivity contribution in [3.8, 4) is 0 Å². The van der Waals surface area contributed by atoms with Crippen molar-refractivity contribution in [2.45, 2.75) is 20.8 Å². The minimum absolute atomic E-state index is 0. The van der Waals surface area contributed by atoms with Crippen molar-refractivity contribution in [1.29, 1.82) is 0 Å². The molecule has 71 valence electrons. The van der Waals surface area contributed by atoms with E-state index in [-0.39, 0.29) is 19.5 Å². The van der Waals surface area contributed by atoms with Crippen LogP contribution >= 0.6 is 0 Å². The Labute approximate surface area is 82.8 Å². The molecule has 0 bridgehead atoms. The third kappa shape index (κ3) is 13.5. The van der Waals surface area contributed by atoms with Crippen LogP contribution in [0.3, 0.4) is 0 Å². The number of nitrogens with zero attached hydrogens (tertiary/aromatic N) is 1. The van der Waals surface area contributed by atoms with Crippen LogP contribution in [0.4, 0.5) is 0 Å². The molecule has 0 atom stereocenters. The van der Waals surface area contributed by atoms with E-state index in [0.29, 0.717) is 5.41 Å². The Bertz CT molecular complexity index is 80.7. The number of methoxy groups -OCH3 is 1. The maximum atomic E-state index is 4.86. The van der Waals surface area contributed by atoms with Crippen molar-refractivity contribution >= 4 is 0 Å². The normalized spacial score (nSPS) is 10.9. The van der Waals surface area contributed by atoms with Gasteiger partial charge in [-0.2, -0.15) is 0 Å². The summed E-state index contributed by atoms with van der Waals surface area (Å²) in [5, 5.41) is 4.31. The topological polar surface area (TPSA) is 23.3 Å². The van der Waals surface area contributed by atoms with Crippen LogP contribution in [0.25, 0.3) is 5.32 Å². The summed E-state index contributed by atoms with van der Waals surface area (Å²) in [4.78, 5) is 0. The standard InChI is InChI=1S/C8H18NO.Rh/c1-8(2,3)7-9-5-6-10-4;/h5-7H2,1-4H3;/q-1;. The van der Waals surface area contributed by atoms with Gasteiger partial charge in [0.2, 0.25) is 0 Å². The molecule has 0 unspecified atom stereocenters. The molecule has 0 fully saturated rings. The van der Waals surface area contributed by atoms with Crippen molar-refractivity contribution in [2.24, 2.45) is 5.41 Å². The molecule has 0 aliphatic heterocycles. The van der Waals surface area contributed by atoms with Crippen LogP contribution < -0.4 is 0 Å². The Morgan fingerprint density at radius 1 is 1.27 bits per heavy atom. The molecule has 0 aromatic rings. The van der Waals surface area contributed by atoms with Gasteiger partial charge in [-0.25, -0.2) is 0 Å². The summed E-state index contributed by atoms with van der Waals surface area (Å²) in [5.74, 6) is 0. The third-order valence-corrected chi connectivity index (χ3v) is 1.04. The zero-order chi connectivity index (χ0) is 8.04. The molecule has 0 rings (SSSR count). The van der Waals surface area contributed by atoms with E-state index in [1.54, 1.807) is 7.11 Å². The summed E-state index contributed by atoms with van der Waals surface area (Å²) in [5.41, 5.74) is 0.327. The minimum Gasteiger partial charge on any atom is -0.660 e. The molecule has 0 saturated carbocycles. The van der Waals surface area contributed by atoms with Gasteiger partial charge in [-0.05, 0) is 0 Å². The quantitative estimate of drug-likeness (QED) is 0.551. The predicted molar refractivity (Wildman–Crippen MR) is 44.4 cm³/mol. The summed E-state index contributed by atoms with van der Waals surface area (Å²) >= 11 is 0. The van der Waals surface area contributed by atoms with E-state index < -0.39 is 0 Å². The number of hydrogen-bond acceptors (Lipinski definition) is 1. The Kier molecular flexibility index (Phi) is 9.23. The Balaban J connectivity index is 0. The monoisotopic (exact) mass is 247 g/mol. The van der Waals surface area contributed by atoms with Gasteiger partial charge in [0.25, 0.3) is 0 Å². The Morgan fingerprint density at radius 2 is 1.82 bits per heavy atom. The summed E-state index contributed by atoms with van der Waals surface area (Å²) in [6.45, 7) is 9.05. The number of ether oxygens (including phenoxy) is 1. The first kappa shape index (κ1) is 14.1. The van der Waals surface area contributed by atoms with Crippen LogP contribution in [0, 0.1) is 5.41 Å². The van der Waals surface area contributed by atoms with Crippen LogP contribution in [0.2, 0.25) is 0 Å². The molecule has 0 heterocycles. The van der Waals surface area contributed by atoms with E-state index in [9.17, 15) is 0 Å². The maximum absolute atomic E-state index is 4.86. The molecule has 0 saturated heterocycles. The zero-order valence-electron chi connectivity index (χ0n) is 7.81. The van der Waals surface area contributed by atoms with Gasteiger partial charge in [-0.15, -0.1) is 13.1 Å². The van der Waals surface area contributed by atoms with E-state index in [4.69, 9.17) is 4.74 Å². The van der Waals surface area contributed by atoms with Crippen molar-refractivity contribution in [3.63, 3.8) is 0 Å². The second-order valence-electron chi connectivity index (χ2n) is 3.66. The molecular weight excluding hydrogens is 229 g/mol. The van der Waals surface area contributed by atoms with Crippen LogP contribution in [0.1, 0.15) is 20.8 Å². The predicted octanol–water partition coefficient (Wildman–Crippen LogP) is 2.05. The van der Waals surface area contributed by atoms with Crippen molar-refractivity contribution in [2.75, 3.05) is 26.8 Å². The van der Waals surface area contributed by atoms with Crippen molar-refractivity contribution < 1.29 is 24.2 Å². The fraction of sp³-hybridized carbons (Fsp3) is 1.00. The van der Waals surface area contributed by atoms with Gasteiger partial charge in [-0.3, -0.25) is 0 Å². The first-order valence-electron chi connectivity index (χ1n) is 3.68. The molecular formula is C8H18NORh-. The summed E-state index contributed by atoms with van der Waals surface area (Å²) in [6.07, 6.45) is 0. The molecule has 2 nitrogen and oxygen atoms in total. The SMILES string of the molecule is COCC[N-]CC(C)(C)C.[Rh]. The molecule has 1 radical (unpaired) electrons. The maximum Gasteiger partial charge on any atom is 0.0354 e. The average Bonchev–Trinajstić information content (AvgIpc) is 1.78. The van der Waals surface area contributed by atoms with E-state index in [2.05, 4.69) is 26.1 Å². The van der Waals surface area contributed by atoms with Gasteiger partial charge < -0.3 is 10.1 Å². The minimum atomic E-state index is 0. The fourth-order valence-corrected chi connectivity index (χ4v) is 0.570. The molecule has 3 heteroatoms. The molecule has 0 aliphatic carbocycles. The van der Waals surface area contributed by atoms with Crippen molar-refractivity contribution in [1.82, 2.24) is 0 Å². The molecule has 0 aromatic carbocycles. The van der Waals surface area contributed by atoms with E-state index in [1.807, 2.05) is 0 Å². The summed E-state index contributed by atoms with van der Waals surface area (Å²) in [7, 11) is 1.70. The van der Waals surface area contributed by atoms with Crippen LogP contribution in [0.5, 0.6) is 0 Å². The fourth-order valence-electron chi connectivity index (χ4n) is 0.570. The van der Waals surface area contributed by atoms with Gasteiger partial charge in [0.1, 0.15) is 0 Å². The van der Waals surface area contributed by atoms with Gasteiger partial charge >= 0.3 is 0 Å². The smallest absolute Gasteiger partial charge is 0.0354 e. The van der Waals surface area contributed by atoms with E-state index in [1.165, 1.54) is 0 Å². The molecule has 0 aromatic heterocycles. The van der Waals surface area contributed by atoms with Gasteiger partial charge in [0.05, 0.1) is 0 Å². The zero-order valence-corrected chi connectivity index (χ0v) is 9.45. The van der Waals surface area contributed by atoms with E-state index in [0.717, 1.165) is 19.7 Å². The average molecular weight is 247 g/mol. The second-order valence-corrected chi connectivity index (χ2v) is 3.66. The van der Waals surface area contributed by atoms with E-state index >= 15 is 0 Å². The number of hydrogen-bond donors (Lipinski definition) is 0. The third-order valence-electron chi connectivity index (χ3n) is 1.04. The molecule has 11 heavy (non-hydrogen) atoms. The molecule has 0 N–H and O–H groups in total. The summed E-state index contributed by atoms with van der Waals surface area (Å²) < 4.78 is 4.86. The van der Waals surface area contributed by atoms with Crippen LogP contribution in [0.15, 0.2) is 0 Å². The Hall–Kier alpha value is 0.543. The molecule has 0 amide bonds. The summed E-state index contributed by atoms with van der Waals surface area (Å²) in [6, 6.07) is 0. The van der Waals surface area contributed by atoms with Gasteiger partial charge in [-0.1, -0.05) is 26.2 Å². The largest absolute Gasteiger partial charge is 0.660 e.